The van der Waals surface area contributed by atoms with Crippen LogP contribution in [0, 0.1) is 17.8 Å². The molecule has 4 aliphatic rings. The molecule has 31 heavy (non-hydrogen) atoms. The van der Waals surface area contributed by atoms with E-state index < -0.39 is 5.60 Å². The van der Waals surface area contributed by atoms with Crippen LogP contribution >= 0.6 is 0 Å². The van der Waals surface area contributed by atoms with E-state index in [1.54, 1.807) is 18.6 Å². The number of pyridine rings is 2. The number of hydrogen-bond donors (Lipinski definition) is 4. The number of aromatic amines is 1. The zero-order chi connectivity index (χ0) is 21.0. The van der Waals surface area contributed by atoms with Gasteiger partial charge < -0.3 is 20.7 Å². The summed E-state index contributed by atoms with van der Waals surface area (Å²) in [4.78, 5) is 24.9. The van der Waals surface area contributed by atoms with Crippen molar-refractivity contribution in [3.63, 3.8) is 0 Å². The lowest BCUT2D eigenvalue weighted by atomic mass is 9.52. The van der Waals surface area contributed by atoms with Crippen molar-refractivity contribution in [1.29, 1.82) is 0 Å². The number of nitrogens with one attached hydrogen (secondary N) is 3. The number of aliphatic hydroxyl groups is 1. The summed E-state index contributed by atoms with van der Waals surface area (Å²) >= 11 is 0. The van der Waals surface area contributed by atoms with Gasteiger partial charge in [-0.2, -0.15) is 0 Å². The fourth-order valence-corrected chi connectivity index (χ4v) is 6.50. The maximum Gasteiger partial charge on any atom is 0.255 e. The number of H-pyrrole nitrogens is 1. The Labute approximate surface area is 180 Å². The molecule has 0 radical (unpaired) electrons. The fraction of sp³-hybridized carbons (Fsp3) is 0.458. The third kappa shape index (κ3) is 3.28. The predicted molar refractivity (Wildman–Crippen MR) is 117 cm³/mol. The van der Waals surface area contributed by atoms with Crippen LogP contribution in [0.15, 0.2) is 43.0 Å². The summed E-state index contributed by atoms with van der Waals surface area (Å²) in [5.74, 6) is 1.39. The Morgan fingerprint density at radius 2 is 2.03 bits per heavy atom. The number of carbonyl (C=O) groups is 1. The molecule has 160 valence electrons. The predicted octanol–water partition coefficient (Wildman–Crippen LogP) is 3.24. The van der Waals surface area contributed by atoms with Gasteiger partial charge in [-0.3, -0.25) is 9.78 Å². The van der Waals surface area contributed by atoms with Gasteiger partial charge in [0.05, 0.1) is 16.9 Å². The maximum absolute atomic E-state index is 13.1. The lowest BCUT2D eigenvalue weighted by Crippen LogP contribution is -2.59. The number of fused-ring (bicyclic) bond motifs is 1. The summed E-state index contributed by atoms with van der Waals surface area (Å²) in [5, 5.41) is 18.7. The zero-order valence-electron chi connectivity index (χ0n) is 17.3. The minimum Gasteiger partial charge on any atom is -0.390 e. The molecule has 7 rings (SSSR count). The Balaban J connectivity index is 1.30. The highest BCUT2D eigenvalue weighted by atomic mass is 16.3. The first-order chi connectivity index (χ1) is 15.1. The maximum atomic E-state index is 13.1. The Morgan fingerprint density at radius 1 is 1.19 bits per heavy atom. The lowest BCUT2D eigenvalue weighted by molar-refractivity contribution is -0.129. The van der Waals surface area contributed by atoms with E-state index in [9.17, 15) is 9.90 Å². The molecule has 3 aromatic rings. The largest absolute Gasteiger partial charge is 0.390 e. The van der Waals surface area contributed by atoms with Crippen molar-refractivity contribution in [2.24, 2.45) is 17.8 Å². The average Bonchev–Trinajstić information content (AvgIpc) is 3.23. The molecule has 3 aromatic heterocycles. The van der Waals surface area contributed by atoms with Crippen LogP contribution in [0.4, 0.5) is 5.69 Å². The van der Waals surface area contributed by atoms with E-state index >= 15 is 0 Å². The molecule has 0 saturated heterocycles. The summed E-state index contributed by atoms with van der Waals surface area (Å²) in [6.07, 6.45) is 12.0. The highest BCUT2D eigenvalue weighted by Crippen LogP contribution is 2.56. The topological polar surface area (TPSA) is 103 Å². The van der Waals surface area contributed by atoms with Crippen LogP contribution in [0.2, 0.25) is 0 Å². The summed E-state index contributed by atoms with van der Waals surface area (Å²) < 4.78 is 0. The van der Waals surface area contributed by atoms with Crippen molar-refractivity contribution < 1.29 is 9.90 Å². The van der Waals surface area contributed by atoms with E-state index in [1.165, 1.54) is 12.8 Å². The molecule has 3 heterocycles. The molecule has 4 aliphatic carbocycles. The SMILES string of the molecule is O=C(NCc1cccnc1)c1cnc2[nH]ccc2c1N[C@H]1[C@@H]2CC3C[C@H]1C[C@@](O)(C3)C2. The molecule has 1 amide bonds. The molecule has 4 saturated carbocycles. The van der Waals surface area contributed by atoms with Crippen LogP contribution in [0.25, 0.3) is 11.0 Å². The average molecular weight is 418 g/mol. The highest BCUT2D eigenvalue weighted by Gasteiger charge is 2.54. The van der Waals surface area contributed by atoms with Crippen LogP contribution in [0.5, 0.6) is 0 Å². The van der Waals surface area contributed by atoms with E-state index in [1.807, 2.05) is 24.4 Å². The zero-order valence-corrected chi connectivity index (χ0v) is 17.3. The van der Waals surface area contributed by atoms with Gasteiger partial charge in [0.1, 0.15) is 5.65 Å². The standard InChI is InChI=1S/C24H27N5O2/c30-23(28-12-14-2-1-4-25-11-14)19-13-27-22-18(3-5-26-22)21(19)29-20-16-6-15-7-17(20)10-24(31,8-15)9-16/h1-5,11,13,15-17,20,31H,6-10,12H2,(H,28,30)(H2,26,27,29)/t15?,16-,17+,20+,24-. The second-order valence-electron chi connectivity index (χ2n) is 9.70. The molecule has 4 bridgehead atoms. The van der Waals surface area contributed by atoms with Gasteiger partial charge in [-0.05, 0) is 67.6 Å². The van der Waals surface area contributed by atoms with Crippen LogP contribution in [0.3, 0.4) is 0 Å². The van der Waals surface area contributed by atoms with Gasteiger partial charge in [0.25, 0.3) is 5.91 Å². The molecular formula is C24H27N5O2. The van der Waals surface area contributed by atoms with E-state index in [-0.39, 0.29) is 11.9 Å². The number of aromatic nitrogens is 3. The quantitative estimate of drug-likeness (QED) is 0.510. The van der Waals surface area contributed by atoms with E-state index in [2.05, 4.69) is 25.6 Å². The van der Waals surface area contributed by atoms with Gasteiger partial charge in [0, 0.05) is 42.8 Å². The number of nitrogens with zero attached hydrogens (tertiary/aromatic N) is 2. The third-order valence-electron chi connectivity index (χ3n) is 7.56. The van der Waals surface area contributed by atoms with Gasteiger partial charge in [-0.15, -0.1) is 0 Å². The minimum atomic E-state index is -0.472. The molecule has 4 fully saturated rings. The Hall–Kier alpha value is -2.93. The smallest absolute Gasteiger partial charge is 0.255 e. The van der Waals surface area contributed by atoms with Crippen LogP contribution in [-0.2, 0) is 6.54 Å². The number of anilines is 1. The Bertz CT molecular complexity index is 1110. The van der Waals surface area contributed by atoms with E-state index in [0.29, 0.717) is 29.9 Å². The first-order valence-electron chi connectivity index (χ1n) is 11.2. The van der Waals surface area contributed by atoms with Gasteiger partial charge in [-0.1, -0.05) is 6.07 Å². The van der Waals surface area contributed by atoms with Crippen LogP contribution in [0.1, 0.15) is 48.0 Å². The van der Waals surface area contributed by atoms with Crippen molar-refractivity contribution >= 4 is 22.6 Å². The Morgan fingerprint density at radius 3 is 2.77 bits per heavy atom. The fourth-order valence-electron chi connectivity index (χ4n) is 6.50. The normalized spacial score (nSPS) is 31.1. The molecule has 0 aromatic carbocycles. The highest BCUT2D eigenvalue weighted by molar-refractivity contribution is 6.06. The number of carbonyl (C=O) groups excluding carboxylic acids is 1. The minimum absolute atomic E-state index is 0.149. The molecule has 7 nitrogen and oxygen atoms in total. The summed E-state index contributed by atoms with van der Waals surface area (Å²) in [6.45, 7) is 0.417. The second-order valence-corrected chi connectivity index (χ2v) is 9.70. The number of hydrogen-bond acceptors (Lipinski definition) is 5. The number of amides is 1. The third-order valence-corrected chi connectivity index (χ3v) is 7.56. The first-order valence-corrected chi connectivity index (χ1v) is 11.2. The number of rotatable bonds is 5. The molecule has 7 heteroatoms. The molecule has 1 unspecified atom stereocenters. The van der Waals surface area contributed by atoms with Crippen molar-refractivity contribution in [1.82, 2.24) is 20.3 Å². The molecule has 0 spiro atoms. The molecule has 4 N–H and O–H groups in total. The van der Waals surface area contributed by atoms with Gasteiger partial charge >= 0.3 is 0 Å². The van der Waals surface area contributed by atoms with Gasteiger partial charge in [0.15, 0.2) is 0 Å². The van der Waals surface area contributed by atoms with Crippen molar-refractivity contribution in [2.75, 3.05) is 5.32 Å². The molecule has 5 atom stereocenters. The summed E-state index contributed by atoms with van der Waals surface area (Å²) in [5.41, 5.74) is 2.66. The van der Waals surface area contributed by atoms with E-state index in [0.717, 1.165) is 41.5 Å². The lowest BCUT2D eigenvalue weighted by Gasteiger charge is -2.58. The van der Waals surface area contributed by atoms with E-state index in [4.69, 9.17) is 0 Å². The van der Waals surface area contributed by atoms with Crippen molar-refractivity contribution in [2.45, 2.75) is 50.3 Å². The van der Waals surface area contributed by atoms with Crippen molar-refractivity contribution in [3.8, 4) is 0 Å². The second kappa shape index (κ2) is 7.05. The molecule has 0 aliphatic heterocycles. The molecular weight excluding hydrogens is 390 g/mol. The van der Waals surface area contributed by atoms with Gasteiger partial charge in [0.2, 0.25) is 0 Å². The monoisotopic (exact) mass is 417 g/mol. The van der Waals surface area contributed by atoms with Crippen LogP contribution in [-0.4, -0.2) is 37.6 Å². The van der Waals surface area contributed by atoms with Crippen LogP contribution < -0.4 is 10.6 Å². The Kier molecular flexibility index (Phi) is 4.28. The summed E-state index contributed by atoms with van der Waals surface area (Å²) in [7, 11) is 0. The first kappa shape index (κ1) is 18.8. The van der Waals surface area contributed by atoms with Crippen molar-refractivity contribution in [3.05, 3.63) is 54.1 Å². The van der Waals surface area contributed by atoms with Gasteiger partial charge in [-0.25, -0.2) is 4.98 Å². The summed E-state index contributed by atoms with van der Waals surface area (Å²) in [6, 6.07) is 6.07.